The van der Waals surface area contributed by atoms with E-state index in [4.69, 9.17) is 34.3 Å². The molecule has 0 aliphatic rings. The molecule has 0 fully saturated rings. The molecule has 1 atom stereocenters. The van der Waals surface area contributed by atoms with Crippen LogP contribution in [0.25, 0.3) is 0 Å². The predicted octanol–water partition coefficient (Wildman–Crippen LogP) is -0.130. The van der Waals surface area contributed by atoms with Crippen molar-refractivity contribution in [1.29, 1.82) is 0 Å². The first kappa shape index (κ1) is 41.3. The topological polar surface area (TPSA) is 135 Å². The first-order valence-corrected chi connectivity index (χ1v) is 11.9. The Hall–Kier alpha value is 3.08. The van der Waals surface area contributed by atoms with Crippen LogP contribution in [0.15, 0.2) is 0 Å². The number of unbranched alkanes of at least 4 members (excludes halogenated alkanes) is 13. The maximum atomic E-state index is 8.88. The Morgan fingerprint density at radius 2 is 0.893 bits per heavy atom. The maximum Gasteiger partial charge on any atom is 1.00 e. The monoisotopic (exact) mass is 498 g/mol. The zero-order chi connectivity index (χ0) is 20.7. The molecule has 0 aromatic heterocycles. The molecule has 0 bridgehead atoms. The van der Waals surface area contributed by atoms with E-state index in [0.717, 1.165) is 0 Å². The van der Waals surface area contributed by atoms with Crippen LogP contribution >= 0.6 is 17.1 Å². The van der Waals surface area contributed by atoms with Crippen LogP contribution in [-0.4, -0.2) is 37.2 Å². The molecular weight excluding hydrogens is 456 g/mol. The van der Waals surface area contributed by atoms with Crippen molar-refractivity contribution in [2.45, 2.75) is 96.8 Å². The van der Waals surface area contributed by atoms with Gasteiger partial charge in [-0.15, -0.1) is 9.24 Å². The minimum atomic E-state index is -4.64. The SMILES string of the molecule is CCCCCCCCCCCCCCCCP.O=C(O)O.O=P(O)(O)O.[H-].[H-].[K+].[K+]. The fourth-order valence-corrected chi connectivity index (χ4v) is 2.63. The molecule has 5 N–H and O–H groups in total. The molecule has 0 rings (SSSR count). The van der Waals surface area contributed by atoms with Gasteiger partial charge in [0.25, 0.3) is 0 Å². The van der Waals surface area contributed by atoms with E-state index in [0.29, 0.717) is 0 Å². The van der Waals surface area contributed by atoms with Crippen LogP contribution < -0.4 is 103 Å². The molecule has 0 saturated carbocycles. The van der Waals surface area contributed by atoms with Crippen molar-refractivity contribution in [3.63, 3.8) is 0 Å². The van der Waals surface area contributed by atoms with Crippen LogP contribution in [0.1, 0.15) is 99.7 Å². The van der Waals surface area contributed by atoms with Crippen LogP contribution in [0.3, 0.4) is 0 Å². The summed E-state index contributed by atoms with van der Waals surface area (Å²) in [5.41, 5.74) is 0. The smallest absolute Gasteiger partial charge is 1.00 e. The van der Waals surface area contributed by atoms with E-state index in [2.05, 4.69) is 16.2 Å². The Bertz CT molecular complexity index is 317. The van der Waals surface area contributed by atoms with Gasteiger partial charge in [0, 0.05) is 0 Å². The molecule has 0 spiro atoms. The van der Waals surface area contributed by atoms with Gasteiger partial charge in [-0.2, -0.15) is 0 Å². The molecule has 0 aliphatic carbocycles. The summed E-state index contributed by atoms with van der Waals surface area (Å²) in [4.78, 5) is 30.1. The summed E-state index contributed by atoms with van der Waals surface area (Å²) in [6, 6.07) is 0. The summed E-state index contributed by atoms with van der Waals surface area (Å²) >= 11 is 0. The summed E-state index contributed by atoms with van der Waals surface area (Å²) in [5, 5.41) is 13.9. The fraction of sp³-hybridized carbons (Fsp3) is 0.941. The molecule has 0 aromatic carbocycles. The van der Waals surface area contributed by atoms with Gasteiger partial charge in [0.2, 0.25) is 0 Å². The van der Waals surface area contributed by atoms with Crippen LogP contribution in [0, 0.1) is 0 Å². The second kappa shape index (κ2) is 34.7. The predicted molar refractivity (Wildman–Crippen MR) is 112 cm³/mol. The molecule has 164 valence electrons. The van der Waals surface area contributed by atoms with Gasteiger partial charge in [-0.05, 0) is 12.6 Å². The van der Waals surface area contributed by atoms with E-state index in [-0.39, 0.29) is 106 Å². The van der Waals surface area contributed by atoms with E-state index in [1.807, 2.05) is 0 Å². The Balaban J connectivity index is -0.0000000693. The normalized spacial score (nSPS) is 9.61. The minimum Gasteiger partial charge on any atom is -1.00 e. The Morgan fingerprint density at radius 1 is 0.714 bits per heavy atom. The summed E-state index contributed by atoms with van der Waals surface area (Å²) in [5.74, 6) is 0. The van der Waals surface area contributed by atoms with Crippen molar-refractivity contribution in [3.05, 3.63) is 0 Å². The molecule has 0 heterocycles. The van der Waals surface area contributed by atoms with E-state index < -0.39 is 14.0 Å². The van der Waals surface area contributed by atoms with E-state index >= 15 is 0 Å². The molecule has 1 unspecified atom stereocenters. The van der Waals surface area contributed by atoms with Crippen molar-refractivity contribution < 1.29 is 140 Å². The number of carbonyl (C=O) groups is 1. The second-order valence-corrected chi connectivity index (χ2v) is 7.78. The van der Waals surface area contributed by atoms with E-state index in [1.54, 1.807) is 0 Å². The largest absolute Gasteiger partial charge is 1.00 e. The molecule has 7 nitrogen and oxygen atoms in total. The van der Waals surface area contributed by atoms with Gasteiger partial charge in [0.05, 0.1) is 0 Å². The zero-order valence-electron chi connectivity index (χ0n) is 20.2. The van der Waals surface area contributed by atoms with Crippen LogP contribution in [0.4, 0.5) is 4.79 Å². The fourth-order valence-electron chi connectivity index (χ4n) is 2.34. The quantitative estimate of drug-likeness (QED) is 0.128. The number of carboxylic acid groups (broad SMARTS) is 2. The second-order valence-electron chi connectivity index (χ2n) is 6.18. The average molecular weight is 499 g/mol. The summed E-state index contributed by atoms with van der Waals surface area (Å²) in [6.45, 7) is 2.29. The zero-order valence-corrected chi connectivity index (χ0v) is 26.5. The van der Waals surface area contributed by atoms with Gasteiger partial charge in [-0.3, -0.25) is 0 Å². The summed E-state index contributed by atoms with van der Waals surface area (Å²) in [6.07, 6.45) is 19.9. The van der Waals surface area contributed by atoms with Crippen LogP contribution in [0.5, 0.6) is 0 Å². The Labute approximate surface area is 261 Å². The number of hydrogen-bond donors (Lipinski definition) is 5. The van der Waals surface area contributed by atoms with Crippen molar-refractivity contribution in [2.75, 3.05) is 6.16 Å². The van der Waals surface area contributed by atoms with E-state index in [9.17, 15) is 0 Å². The average Bonchev–Trinajstić information content (AvgIpc) is 2.50. The first-order valence-electron chi connectivity index (χ1n) is 9.55. The number of hydrogen-bond acceptors (Lipinski definition) is 2. The summed E-state index contributed by atoms with van der Waals surface area (Å²) < 4.78 is 8.88. The van der Waals surface area contributed by atoms with Gasteiger partial charge < -0.3 is 27.7 Å². The van der Waals surface area contributed by atoms with Gasteiger partial charge in [0.1, 0.15) is 0 Å². The molecule has 28 heavy (non-hydrogen) atoms. The molecule has 11 heteroatoms. The van der Waals surface area contributed by atoms with Crippen LogP contribution in [0.2, 0.25) is 0 Å². The third kappa shape index (κ3) is 78.6. The van der Waals surface area contributed by atoms with Gasteiger partial charge in [0.15, 0.2) is 0 Å². The van der Waals surface area contributed by atoms with E-state index in [1.165, 1.54) is 96.1 Å². The Kier molecular flexibility index (Phi) is 51.2. The maximum absolute atomic E-state index is 8.88. The van der Waals surface area contributed by atoms with Crippen LogP contribution in [-0.2, 0) is 4.57 Å². The molecule has 0 amide bonds. The van der Waals surface area contributed by atoms with Crippen molar-refractivity contribution >= 4 is 23.2 Å². The van der Waals surface area contributed by atoms with Gasteiger partial charge in [-0.1, -0.05) is 90.4 Å². The molecular formula is C17H42K2O7P2. The van der Waals surface area contributed by atoms with Crippen molar-refractivity contribution in [3.8, 4) is 0 Å². The van der Waals surface area contributed by atoms with Crippen molar-refractivity contribution in [2.24, 2.45) is 0 Å². The Morgan fingerprint density at radius 3 is 1.07 bits per heavy atom. The number of rotatable bonds is 14. The third-order valence-corrected chi connectivity index (χ3v) is 3.97. The summed E-state index contributed by atoms with van der Waals surface area (Å²) in [7, 11) is -1.82. The van der Waals surface area contributed by atoms with Crippen molar-refractivity contribution in [1.82, 2.24) is 0 Å². The van der Waals surface area contributed by atoms with Gasteiger partial charge >= 0.3 is 117 Å². The number of phosphoric acid groups is 1. The minimum absolute atomic E-state index is 0. The standard InChI is InChI=1S/C16H35P.CH2O3.2K.H3O4P.2H/c1-2-3-4-5-6-7-8-9-10-11-12-13-14-15-16-17;2-1(3)4;;;1-5(2,3)4;;/h2-17H2,1H3;(H2,2,3,4);;;(H3,1,2,3,4);;/q;;2*+1;;2*-1. The molecule has 0 radical (unpaired) electrons. The third-order valence-electron chi connectivity index (χ3n) is 3.56. The molecule has 0 aromatic rings. The molecule has 0 aliphatic heterocycles. The first-order chi connectivity index (χ1) is 12.1. The van der Waals surface area contributed by atoms with Gasteiger partial charge in [-0.25, -0.2) is 9.36 Å². The molecule has 0 saturated heterocycles.